The van der Waals surface area contributed by atoms with Crippen molar-refractivity contribution >= 4 is 34.2 Å². The van der Waals surface area contributed by atoms with Gasteiger partial charge in [-0.15, -0.1) is 12.4 Å². The highest BCUT2D eigenvalue weighted by Gasteiger charge is 2.43. The fourth-order valence-electron chi connectivity index (χ4n) is 2.86. The van der Waals surface area contributed by atoms with Crippen molar-refractivity contribution in [1.82, 2.24) is 10.2 Å². The van der Waals surface area contributed by atoms with E-state index in [-0.39, 0.29) is 18.3 Å². The first-order valence-corrected chi connectivity index (χ1v) is 8.13. The van der Waals surface area contributed by atoms with E-state index in [1.54, 1.807) is 0 Å². The van der Waals surface area contributed by atoms with Gasteiger partial charge in [-0.05, 0) is 37.6 Å². The molecule has 0 aromatic heterocycles. The lowest BCUT2D eigenvalue weighted by Gasteiger charge is -2.39. The lowest BCUT2D eigenvalue weighted by Crippen LogP contribution is -2.49. The fraction of sp³-hybridized carbons (Fsp3) is 0.562. The molecule has 1 aliphatic rings. The van der Waals surface area contributed by atoms with Crippen LogP contribution in [-0.4, -0.2) is 51.2 Å². The van der Waals surface area contributed by atoms with Crippen LogP contribution < -0.4 is 5.32 Å². The molecule has 0 aliphatic carbocycles. The third-order valence-electron chi connectivity index (χ3n) is 4.20. The van der Waals surface area contributed by atoms with Gasteiger partial charge >= 0.3 is 0 Å². The Kier molecular flexibility index (Phi) is 7.83. The van der Waals surface area contributed by atoms with Crippen LogP contribution in [0.1, 0.15) is 18.4 Å². The molecule has 4 nitrogen and oxygen atoms in total. The molecule has 0 unspecified atom stereocenters. The van der Waals surface area contributed by atoms with Gasteiger partial charge < -0.3 is 15.0 Å². The number of amides is 1. The minimum atomic E-state index is -0.443. The molecule has 1 amide bonds. The van der Waals surface area contributed by atoms with Crippen LogP contribution in [0.15, 0.2) is 28.7 Å². The predicted octanol–water partition coefficient (Wildman–Crippen LogP) is 2.60. The Morgan fingerprint density at radius 3 is 2.45 bits per heavy atom. The standard InChI is InChI=1S/C16H23BrN2O2.ClH/c1-18-9-10-19(2)15(20)16(7-11-21-12-8-16)13-3-5-14(17)6-4-13;/h3-6,18H,7-12H2,1-2H3;1H. The van der Waals surface area contributed by atoms with Crippen LogP contribution in [0, 0.1) is 0 Å². The number of ether oxygens (including phenoxy) is 1. The second-order valence-electron chi connectivity index (χ2n) is 5.53. The van der Waals surface area contributed by atoms with Crippen LogP contribution in [0.25, 0.3) is 0 Å². The monoisotopic (exact) mass is 390 g/mol. The van der Waals surface area contributed by atoms with Gasteiger partial charge in [-0.1, -0.05) is 28.1 Å². The van der Waals surface area contributed by atoms with Gasteiger partial charge in [0.2, 0.25) is 5.91 Å². The molecule has 6 heteroatoms. The van der Waals surface area contributed by atoms with Crippen LogP contribution in [0.3, 0.4) is 0 Å². The van der Waals surface area contributed by atoms with E-state index in [1.807, 2.05) is 31.1 Å². The van der Waals surface area contributed by atoms with Crippen LogP contribution in [-0.2, 0) is 14.9 Å². The summed E-state index contributed by atoms with van der Waals surface area (Å²) in [5.74, 6) is 0.198. The highest BCUT2D eigenvalue weighted by Crippen LogP contribution is 2.37. The maximum absolute atomic E-state index is 13.0. The van der Waals surface area contributed by atoms with Gasteiger partial charge in [0.05, 0.1) is 5.41 Å². The van der Waals surface area contributed by atoms with Gasteiger partial charge in [-0.2, -0.15) is 0 Å². The smallest absolute Gasteiger partial charge is 0.233 e. The molecule has 1 heterocycles. The Hall–Kier alpha value is -0.620. The number of hydrogen-bond acceptors (Lipinski definition) is 3. The van der Waals surface area contributed by atoms with Crippen molar-refractivity contribution in [2.24, 2.45) is 0 Å². The largest absolute Gasteiger partial charge is 0.381 e. The average molecular weight is 392 g/mol. The van der Waals surface area contributed by atoms with Crippen molar-refractivity contribution in [2.75, 3.05) is 40.4 Å². The lowest BCUT2D eigenvalue weighted by atomic mass is 9.73. The number of benzene rings is 1. The number of halogens is 2. The molecule has 1 fully saturated rings. The van der Waals surface area contributed by atoms with Crippen molar-refractivity contribution in [3.8, 4) is 0 Å². The summed E-state index contributed by atoms with van der Waals surface area (Å²) >= 11 is 3.46. The Morgan fingerprint density at radius 2 is 1.91 bits per heavy atom. The number of nitrogens with zero attached hydrogens (tertiary/aromatic N) is 1. The van der Waals surface area contributed by atoms with E-state index in [1.165, 1.54) is 0 Å². The molecule has 124 valence electrons. The first-order valence-electron chi connectivity index (χ1n) is 7.34. The van der Waals surface area contributed by atoms with E-state index in [0.29, 0.717) is 19.8 Å². The van der Waals surface area contributed by atoms with Crippen molar-refractivity contribution in [3.63, 3.8) is 0 Å². The molecule has 2 rings (SSSR count). The minimum absolute atomic E-state index is 0. The van der Waals surface area contributed by atoms with Crippen molar-refractivity contribution in [1.29, 1.82) is 0 Å². The summed E-state index contributed by atoms with van der Waals surface area (Å²) < 4.78 is 6.52. The highest BCUT2D eigenvalue weighted by molar-refractivity contribution is 9.10. The van der Waals surface area contributed by atoms with Gasteiger partial charge in [-0.3, -0.25) is 4.79 Å². The number of rotatable bonds is 5. The second-order valence-corrected chi connectivity index (χ2v) is 6.45. The van der Waals surface area contributed by atoms with Gasteiger partial charge in [0, 0.05) is 37.8 Å². The highest BCUT2D eigenvalue weighted by atomic mass is 79.9. The van der Waals surface area contributed by atoms with Gasteiger partial charge in [0.15, 0.2) is 0 Å². The summed E-state index contributed by atoms with van der Waals surface area (Å²) in [5.41, 5.74) is 0.650. The zero-order chi connectivity index (χ0) is 15.3. The first kappa shape index (κ1) is 19.4. The number of carbonyl (C=O) groups is 1. The number of hydrogen-bond donors (Lipinski definition) is 1. The summed E-state index contributed by atoms with van der Waals surface area (Å²) in [5, 5.41) is 3.09. The predicted molar refractivity (Wildman–Crippen MR) is 94.7 cm³/mol. The summed E-state index contributed by atoms with van der Waals surface area (Å²) in [4.78, 5) is 14.9. The third-order valence-corrected chi connectivity index (χ3v) is 4.73. The van der Waals surface area contributed by atoms with Gasteiger partial charge in [0.1, 0.15) is 0 Å². The summed E-state index contributed by atoms with van der Waals surface area (Å²) in [6.45, 7) is 2.80. The van der Waals surface area contributed by atoms with Gasteiger partial charge in [-0.25, -0.2) is 0 Å². The molecule has 1 N–H and O–H groups in total. The summed E-state index contributed by atoms with van der Waals surface area (Å²) in [6.07, 6.45) is 1.49. The molecule has 1 aromatic rings. The maximum atomic E-state index is 13.0. The van der Waals surface area contributed by atoms with Crippen LogP contribution in [0.4, 0.5) is 0 Å². The molecule has 0 spiro atoms. The van der Waals surface area contributed by atoms with Crippen LogP contribution in [0.2, 0.25) is 0 Å². The fourth-order valence-corrected chi connectivity index (χ4v) is 3.13. The van der Waals surface area contributed by atoms with Gasteiger partial charge in [0.25, 0.3) is 0 Å². The van der Waals surface area contributed by atoms with E-state index in [2.05, 4.69) is 33.4 Å². The molecule has 0 bridgehead atoms. The van der Waals surface area contributed by atoms with Crippen LogP contribution in [0.5, 0.6) is 0 Å². The second kappa shape index (κ2) is 8.87. The normalized spacial score (nSPS) is 16.7. The molecule has 0 saturated carbocycles. The molecule has 1 aliphatic heterocycles. The lowest BCUT2D eigenvalue weighted by molar-refractivity contribution is -0.140. The van der Waals surface area contributed by atoms with E-state index in [0.717, 1.165) is 29.4 Å². The van der Waals surface area contributed by atoms with Crippen molar-refractivity contribution in [3.05, 3.63) is 34.3 Å². The Bertz CT molecular complexity index is 476. The molecule has 1 saturated heterocycles. The van der Waals surface area contributed by atoms with E-state index in [9.17, 15) is 4.79 Å². The number of carbonyl (C=O) groups excluding carboxylic acids is 1. The number of likely N-dealkylation sites (N-methyl/N-ethyl adjacent to an activating group) is 2. The average Bonchev–Trinajstić information content (AvgIpc) is 2.53. The maximum Gasteiger partial charge on any atom is 0.233 e. The first-order chi connectivity index (χ1) is 10.1. The zero-order valence-electron chi connectivity index (χ0n) is 13.1. The van der Waals surface area contributed by atoms with E-state index in [4.69, 9.17) is 4.74 Å². The summed E-state index contributed by atoms with van der Waals surface area (Å²) in [7, 11) is 3.78. The molecular formula is C16H24BrClN2O2. The SMILES string of the molecule is CNCCN(C)C(=O)C1(c2ccc(Br)cc2)CCOCC1.Cl. The van der Waals surface area contributed by atoms with Crippen LogP contribution >= 0.6 is 28.3 Å². The Balaban J connectivity index is 0.00000242. The topological polar surface area (TPSA) is 41.6 Å². The quantitative estimate of drug-likeness (QED) is 0.839. The van der Waals surface area contributed by atoms with E-state index >= 15 is 0 Å². The minimum Gasteiger partial charge on any atom is -0.381 e. The van der Waals surface area contributed by atoms with Crippen molar-refractivity contribution in [2.45, 2.75) is 18.3 Å². The molecule has 0 atom stereocenters. The summed E-state index contributed by atoms with van der Waals surface area (Å²) in [6, 6.07) is 8.12. The molecular weight excluding hydrogens is 368 g/mol. The molecule has 1 aromatic carbocycles. The third kappa shape index (κ3) is 4.22. The zero-order valence-corrected chi connectivity index (χ0v) is 15.5. The molecule has 0 radical (unpaired) electrons. The van der Waals surface area contributed by atoms with E-state index < -0.39 is 5.41 Å². The Labute approximate surface area is 147 Å². The molecule has 22 heavy (non-hydrogen) atoms. The van der Waals surface area contributed by atoms with Crippen molar-refractivity contribution < 1.29 is 9.53 Å². The number of nitrogens with one attached hydrogen (secondary N) is 1. The Morgan fingerprint density at radius 1 is 1.32 bits per heavy atom.